The second-order valence-corrected chi connectivity index (χ2v) is 6.27. The van der Waals surface area contributed by atoms with Crippen LogP contribution in [-0.2, 0) is 4.79 Å². The van der Waals surface area contributed by atoms with Crippen molar-refractivity contribution in [3.8, 4) is 5.88 Å². The maximum atomic E-state index is 13.0. The number of halogens is 3. The van der Waals surface area contributed by atoms with Crippen LogP contribution in [0.15, 0.2) is 48.7 Å². The topological polar surface area (TPSA) is 71.5 Å². The largest absolute Gasteiger partial charge is 0.468 e. The summed E-state index contributed by atoms with van der Waals surface area (Å²) in [6.45, 7) is -0.839. The van der Waals surface area contributed by atoms with Gasteiger partial charge in [-0.05, 0) is 11.6 Å². The highest BCUT2D eigenvalue weighted by Crippen LogP contribution is 2.27. The molecule has 1 aromatic carbocycles. The lowest BCUT2D eigenvalue weighted by atomic mass is 10.0. The Kier molecular flexibility index (Phi) is 5.81. The van der Waals surface area contributed by atoms with Gasteiger partial charge in [0.05, 0.1) is 18.0 Å². The van der Waals surface area contributed by atoms with Crippen LogP contribution in [0, 0.1) is 0 Å². The molecular weight excluding hydrogens is 375 g/mol. The SMILES string of the molecule is O=C1C[C@@H](c2ccccc2)N(C(=O)c2ccc(OCC(F)(F)F)nc2)CCN1. The molecule has 0 radical (unpaired) electrons. The van der Waals surface area contributed by atoms with E-state index < -0.39 is 18.8 Å². The van der Waals surface area contributed by atoms with Gasteiger partial charge in [0.15, 0.2) is 6.61 Å². The van der Waals surface area contributed by atoms with Crippen LogP contribution in [0.5, 0.6) is 5.88 Å². The van der Waals surface area contributed by atoms with Crippen LogP contribution in [0.4, 0.5) is 13.2 Å². The van der Waals surface area contributed by atoms with E-state index in [1.165, 1.54) is 18.3 Å². The normalized spacial score (nSPS) is 17.6. The molecule has 28 heavy (non-hydrogen) atoms. The lowest BCUT2D eigenvalue weighted by Gasteiger charge is -2.29. The molecule has 1 atom stereocenters. The smallest absolute Gasteiger partial charge is 0.422 e. The first-order chi connectivity index (χ1) is 13.3. The lowest BCUT2D eigenvalue weighted by molar-refractivity contribution is -0.154. The molecule has 1 aliphatic rings. The number of rotatable bonds is 4. The summed E-state index contributed by atoms with van der Waals surface area (Å²) in [6.07, 6.45) is -3.17. The molecule has 1 fully saturated rings. The molecule has 148 valence electrons. The van der Waals surface area contributed by atoms with Gasteiger partial charge in [0.25, 0.3) is 5.91 Å². The number of hydrogen-bond donors (Lipinski definition) is 1. The van der Waals surface area contributed by atoms with Crippen molar-refractivity contribution in [3.05, 3.63) is 59.8 Å². The van der Waals surface area contributed by atoms with E-state index in [1.54, 1.807) is 4.90 Å². The predicted molar refractivity (Wildman–Crippen MR) is 93.6 cm³/mol. The minimum atomic E-state index is -4.47. The molecular formula is C19H18F3N3O3. The number of nitrogens with zero attached hydrogens (tertiary/aromatic N) is 2. The van der Waals surface area contributed by atoms with Crippen molar-refractivity contribution in [1.82, 2.24) is 15.2 Å². The summed E-state index contributed by atoms with van der Waals surface area (Å²) in [4.78, 5) is 30.3. The van der Waals surface area contributed by atoms with Gasteiger partial charge in [-0.2, -0.15) is 13.2 Å². The fourth-order valence-corrected chi connectivity index (χ4v) is 2.96. The fourth-order valence-electron chi connectivity index (χ4n) is 2.96. The third-order valence-corrected chi connectivity index (χ3v) is 4.24. The summed E-state index contributed by atoms with van der Waals surface area (Å²) in [5.74, 6) is -0.736. The monoisotopic (exact) mass is 393 g/mol. The highest BCUT2D eigenvalue weighted by Gasteiger charge is 2.31. The van der Waals surface area contributed by atoms with Crippen molar-refractivity contribution in [2.75, 3.05) is 19.7 Å². The summed E-state index contributed by atoms with van der Waals surface area (Å²) < 4.78 is 41.2. The number of hydrogen-bond acceptors (Lipinski definition) is 4. The molecule has 3 rings (SSSR count). The number of carbonyl (C=O) groups excluding carboxylic acids is 2. The van der Waals surface area contributed by atoms with Crippen molar-refractivity contribution >= 4 is 11.8 Å². The molecule has 1 aliphatic heterocycles. The summed E-state index contributed by atoms with van der Waals surface area (Å²) in [6, 6.07) is 11.3. The zero-order chi connectivity index (χ0) is 20.1. The quantitative estimate of drug-likeness (QED) is 0.867. The molecule has 0 aliphatic carbocycles. The van der Waals surface area contributed by atoms with Crippen LogP contribution in [0.2, 0.25) is 0 Å². The van der Waals surface area contributed by atoms with E-state index in [0.717, 1.165) is 5.56 Å². The number of nitrogens with one attached hydrogen (secondary N) is 1. The summed E-state index contributed by atoms with van der Waals surface area (Å²) >= 11 is 0. The highest BCUT2D eigenvalue weighted by molar-refractivity contribution is 5.95. The molecule has 6 nitrogen and oxygen atoms in total. The van der Waals surface area contributed by atoms with E-state index in [9.17, 15) is 22.8 Å². The molecule has 9 heteroatoms. The van der Waals surface area contributed by atoms with Crippen molar-refractivity contribution in [2.45, 2.75) is 18.6 Å². The van der Waals surface area contributed by atoms with Gasteiger partial charge in [0, 0.05) is 25.4 Å². The van der Waals surface area contributed by atoms with Gasteiger partial charge >= 0.3 is 6.18 Å². The maximum absolute atomic E-state index is 13.0. The zero-order valence-electron chi connectivity index (χ0n) is 14.8. The molecule has 1 N–H and O–H groups in total. The maximum Gasteiger partial charge on any atom is 0.422 e. The van der Waals surface area contributed by atoms with Crippen molar-refractivity contribution in [1.29, 1.82) is 0 Å². The molecule has 2 heterocycles. The first kappa shape index (κ1) is 19.7. The number of carbonyl (C=O) groups is 2. The van der Waals surface area contributed by atoms with E-state index in [-0.39, 0.29) is 29.7 Å². The molecule has 2 amide bonds. The van der Waals surface area contributed by atoms with Gasteiger partial charge < -0.3 is 15.0 Å². The Bertz CT molecular complexity index is 826. The number of amides is 2. The first-order valence-corrected chi connectivity index (χ1v) is 8.62. The third kappa shape index (κ3) is 4.99. The van der Waals surface area contributed by atoms with Gasteiger partial charge in [-0.15, -0.1) is 0 Å². The lowest BCUT2D eigenvalue weighted by Crippen LogP contribution is -2.36. The van der Waals surface area contributed by atoms with Crippen molar-refractivity contribution < 1.29 is 27.5 Å². The van der Waals surface area contributed by atoms with Gasteiger partial charge in [-0.25, -0.2) is 4.98 Å². The van der Waals surface area contributed by atoms with E-state index in [4.69, 9.17) is 0 Å². The van der Waals surface area contributed by atoms with E-state index in [1.807, 2.05) is 30.3 Å². The van der Waals surface area contributed by atoms with Crippen LogP contribution < -0.4 is 10.1 Å². The Morgan fingerprint density at radius 3 is 2.61 bits per heavy atom. The summed E-state index contributed by atoms with van der Waals surface area (Å²) in [5, 5.41) is 2.75. The standard InChI is InChI=1S/C19H18F3N3O3/c20-19(21,22)12-28-17-7-6-14(11-24-17)18(27)25-9-8-23-16(26)10-15(25)13-4-2-1-3-5-13/h1-7,11,15H,8-10,12H2,(H,23,26)/t15-/m0/s1. The van der Waals surface area contributed by atoms with E-state index in [0.29, 0.717) is 13.1 Å². The second-order valence-electron chi connectivity index (χ2n) is 6.27. The molecule has 2 aromatic rings. The Balaban J connectivity index is 1.79. The second kappa shape index (κ2) is 8.28. The number of pyridine rings is 1. The summed E-state index contributed by atoms with van der Waals surface area (Å²) in [5.41, 5.74) is 1.03. The van der Waals surface area contributed by atoms with Gasteiger partial charge in [-0.3, -0.25) is 9.59 Å². The van der Waals surface area contributed by atoms with Crippen LogP contribution in [0.25, 0.3) is 0 Å². The average Bonchev–Trinajstić information content (AvgIpc) is 2.88. The zero-order valence-corrected chi connectivity index (χ0v) is 14.8. The Morgan fingerprint density at radius 1 is 1.21 bits per heavy atom. The van der Waals surface area contributed by atoms with E-state index in [2.05, 4.69) is 15.0 Å². The van der Waals surface area contributed by atoms with Gasteiger partial charge in [0.2, 0.25) is 11.8 Å². The first-order valence-electron chi connectivity index (χ1n) is 8.62. The van der Waals surface area contributed by atoms with Crippen molar-refractivity contribution in [2.24, 2.45) is 0 Å². The average molecular weight is 393 g/mol. The Morgan fingerprint density at radius 2 is 1.96 bits per heavy atom. The minimum absolute atomic E-state index is 0.121. The molecule has 1 saturated heterocycles. The molecule has 0 saturated carbocycles. The van der Waals surface area contributed by atoms with Gasteiger partial charge in [0.1, 0.15) is 0 Å². The van der Waals surface area contributed by atoms with E-state index >= 15 is 0 Å². The minimum Gasteiger partial charge on any atom is -0.468 e. The predicted octanol–water partition coefficient (Wildman–Crippen LogP) is 2.73. The Hall–Kier alpha value is -3.10. The number of benzene rings is 1. The Labute approximate surface area is 159 Å². The number of ether oxygens (including phenoxy) is 1. The molecule has 1 aromatic heterocycles. The number of alkyl halides is 3. The number of aromatic nitrogens is 1. The molecule has 0 spiro atoms. The molecule has 0 unspecified atom stereocenters. The van der Waals surface area contributed by atoms with Crippen LogP contribution in [0.3, 0.4) is 0 Å². The highest BCUT2D eigenvalue weighted by atomic mass is 19.4. The fraction of sp³-hybridized carbons (Fsp3) is 0.316. The van der Waals surface area contributed by atoms with Crippen LogP contribution in [0.1, 0.15) is 28.4 Å². The summed E-state index contributed by atoms with van der Waals surface area (Å²) in [7, 11) is 0. The van der Waals surface area contributed by atoms with Crippen LogP contribution in [-0.4, -0.2) is 47.6 Å². The third-order valence-electron chi connectivity index (χ3n) is 4.24. The molecule has 0 bridgehead atoms. The van der Waals surface area contributed by atoms with Crippen molar-refractivity contribution in [3.63, 3.8) is 0 Å². The van der Waals surface area contributed by atoms with Crippen LogP contribution >= 0.6 is 0 Å². The van der Waals surface area contributed by atoms with Gasteiger partial charge in [-0.1, -0.05) is 30.3 Å².